The van der Waals surface area contributed by atoms with Crippen LogP contribution in [0.1, 0.15) is 17.4 Å². The van der Waals surface area contributed by atoms with Crippen molar-refractivity contribution in [3.8, 4) is 0 Å². The first-order valence-electron chi connectivity index (χ1n) is 5.49. The summed E-state index contributed by atoms with van der Waals surface area (Å²) in [6, 6.07) is 6.73. The highest BCUT2D eigenvalue weighted by molar-refractivity contribution is 7.16. The van der Waals surface area contributed by atoms with Crippen LogP contribution in [0.4, 0.5) is 20.8 Å². The summed E-state index contributed by atoms with van der Waals surface area (Å²) < 4.78 is 13.1. The van der Waals surface area contributed by atoms with Gasteiger partial charge in [-0.15, -0.1) is 11.3 Å². The van der Waals surface area contributed by atoms with E-state index in [1.54, 1.807) is 23.6 Å². The minimum absolute atomic E-state index is 0.262. The molecule has 0 spiro atoms. The lowest BCUT2D eigenvalue weighted by Gasteiger charge is -2.05. The highest BCUT2D eigenvalue weighted by Crippen LogP contribution is 2.37. The monoisotopic (exact) mass is 246 g/mol. The molecule has 2 nitrogen and oxygen atoms in total. The number of halogens is 1. The van der Waals surface area contributed by atoms with E-state index in [1.807, 2.05) is 0 Å². The van der Waals surface area contributed by atoms with Gasteiger partial charge in [-0.2, -0.15) is 0 Å². The number of aryl methyl sites for hydroxylation is 1. The molecule has 1 aromatic carbocycles. The van der Waals surface area contributed by atoms with E-state index in [1.165, 1.54) is 17.0 Å². The van der Waals surface area contributed by atoms with Crippen LogP contribution in [0.2, 0.25) is 0 Å². The van der Waals surface area contributed by atoms with Crippen LogP contribution in [0.3, 0.4) is 0 Å². The van der Waals surface area contributed by atoms with Gasteiger partial charge in [0, 0.05) is 22.7 Å². The van der Waals surface area contributed by atoms with Crippen LogP contribution in [0.5, 0.6) is 0 Å². The lowest BCUT2D eigenvalue weighted by molar-refractivity contribution is 0.628. The predicted octanol–water partition coefficient (Wildman–Crippen LogP) is 4.26. The van der Waals surface area contributed by atoms with Gasteiger partial charge in [0.1, 0.15) is 10.8 Å². The molecule has 17 heavy (non-hydrogen) atoms. The molecule has 0 saturated heterocycles. The molecule has 2 heterocycles. The maximum Gasteiger partial charge on any atom is 0.125 e. The molecule has 4 heteroatoms. The summed E-state index contributed by atoms with van der Waals surface area (Å²) in [4.78, 5) is 5.63. The van der Waals surface area contributed by atoms with E-state index in [9.17, 15) is 4.39 Å². The molecule has 0 bridgehead atoms. The Morgan fingerprint density at radius 2 is 2.24 bits per heavy atom. The Bertz CT molecular complexity index is 601. The van der Waals surface area contributed by atoms with E-state index in [-0.39, 0.29) is 5.82 Å². The van der Waals surface area contributed by atoms with Crippen molar-refractivity contribution >= 4 is 33.9 Å². The zero-order valence-corrected chi connectivity index (χ0v) is 10.1. The van der Waals surface area contributed by atoms with E-state index < -0.39 is 0 Å². The lowest BCUT2D eigenvalue weighted by Crippen LogP contribution is -1.88. The van der Waals surface area contributed by atoms with Gasteiger partial charge in [0.15, 0.2) is 0 Å². The first kappa shape index (κ1) is 10.5. The Hall–Kier alpha value is -1.68. The Labute approximate surface area is 103 Å². The van der Waals surface area contributed by atoms with Gasteiger partial charge >= 0.3 is 0 Å². The number of hydrogen-bond acceptors (Lipinski definition) is 3. The van der Waals surface area contributed by atoms with E-state index in [4.69, 9.17) is 0 Å². The van der Waals surface area contributed by atoms with Gasteiger partial charge in [-0.3, -0.25) is 4.99 Å². The third kappa shape index (κ3) is 1.85. The largest absolute Gasteiger partial charge is 0.345 e. The molecule has 0 amide bonds. The molecule has 0 atom stereocenters. The van der Waals surface area contributed by atoms with Crippen molar-refractivity contribution in [2.45, 2.75) is 13.3 Å². The van der Waals surface area contributed by atoms with Crippen molar-refractivity contribution in [2.24, 2.45) is 4.99 Å². The zero-order valence-electron chi connectivity index (χ0n) is 9.33. The summed E-state index contributed by atoms with van der Waals surface area (Å²) in [5.74, 6) is -0.262. The zero-order chi connectivity index (χ0) is 11.8. The van der Waals surface area contributed by atoms with Crippen molar-refractivity contribution in [3.05, 3.63) is 40.5 Å². The first-order chi connectivity index (χ1) is 8.26. The van der Waals surface area contributed by atoms with Crippen LogP contribution in [0.25, 0.3) is 0 Å². The standard InChI is InChI=1S/C13H11FN2S/c1-2-10-5-8-7-15-12-6-9(14)3-4-11(12)16-13(8)17-10/h3-7,16H,2H2,1H3. The van der Waals surface area contributed by atoms with Gasteiger partial charge in [-0.05, 0) is 24.6 Å². The van der Waals surface area contributed by atoms with Crippen LogP contribution in [-0.4, -0.2) is 6.21 Å². The minimum atomic E-state index is -0.262. The fourth-order valence-electron chi connectivity index (χ4n) is 1.80. The van der Waals surface area contributed by atoms with Crippen LogP contribution in [0, 0.1) is 5.82 Å². The average molecular weight is 246 g/mol. The topological polar surface area (TPSA) is 24.4 Å². The number of nitrogens with zero attached hydrogens (tertiary/aromatic N) is 1. The number of aliphatic imine (C=N–C) groups is 1. The van der Waals surface area contributed by atoms with Gasteiger partial charge in [0.05, 0.1) is 11.4 Å². The van der Waals surface area contributed by atoms with Crippen molar-refractivity contribution < 1.29 is 4.39 Å². The fraction of sp³-hybridized carbons (Fsp3) is 0.154. The molecular formula is C13H11FN2S. The van der Waals surface area contributed by atoms with Crippen molar-refractivity contribution in [3.63, 3.8) is 0 Å². The van der Waals surface area contributed by atoms with Gasteiger partial charge in [-0.1, -0.05) is 6.92 Å². The Balaban J connectivity index is 2.09. The lowest BCUT2D eigenvalue weighted by atomic mass is 10.2. The summed E-state index contributed by atoms with van der Waals surface area (Å²) in [6.07, 6.45) is 2.81. The Kier molecular flexibility index (Phi) is 2.44. The van der Waals surface area contributed by atoms with Crippen molar-refractivity contribution in [1.29, 1.82) is 0 Å². The highest BCUT2D eigenvalue weighted by Gasteiger charge is 2.13. The number of benzene rings is 1. The molecule has 86 valence electrons. The van der Waals surface area contributed by atoms with Crippen LogP contribution in [-0.2, 0) is 6.42 Å². The van der Waals surface area contributed by atoms with Crippen molar-refractivity contribution in [1.82, 2.24) is 0 Å². The Morgan fingerprint density at radius 3 is 3.06 bits per heavy atom. The summed E-state index contributed by atoms with van der Waals surface area (Å²) in [7, 11) is 0. The predicted molar refractivity (Wildman–Crippen MR) is 70.6 cm³/mol. The van der Waals surface area contributed by atoms with Crippen LogP contribution < -0.4 is 5.32 Å². The second-order valence-electron chi connectivity index (χ2n) is 3.90. The van der Waals surface area contributed by atoms with Gasteiger partial charge < -0.3 is 5.32 Å². The van der Waals surface area contributed by atoms with Crippen molar-refractivity contribution in [2.75, 3.05) is 5.32 Å². The maximum absolute atomic E-state index is 13.1. The molecule has 1 aliphatic rings. The molecular weight excluding hydrogens is 235 g/mol. The Morgan fingerprint density at radius 1 is 1.35 bits per heavy atom. The van der Waals surface area contributed by atoms with Gasteiger partial charge in [0.2, 0.25) is 0 Å². The number of fused-ring (bicyclic) bond motifs is 2. The summed E-state index contributed by atoms with van der Waals surface area (Å²) >= 11 is 1.72. The molecule has 0 fully saturated rings. The average Bonchev–Trinajstić information content (AvgIpc) is 2.64. The number of hydrogen-bond donors (Lipinski definition) is 1. The third-order valence-corrected chi connectivity index (χ3v) is 3.92. The quantitative estimate of drug-likeness (QED) is 0.681. The number of anilines is 2. The fourth-order valence-corrected chi connectivity index (χ4v) is 2.79. The van der Waals surface area contributed by atoms with E-state index in [0.29, 0.717) is 5.69 Å². The van der Waals surface area contributed by atoms with E-state index in [0.717, 1.165) is 22.7 Å². The van der Waals surface area contributed by atoms with E-state index in [2.05, 4.69) is 23.3 Å². The molecule has 0 aliphatic carbocycles. The minimum Gasteiger partial charge on any atom is -0.345 e. The molecule has 1 aromatic heterocycles. The molecule has 0 saturated carbocycles. The second kappa shape index (κ2) is 3.96. The molecule has 3 rings (SSSR count). The van der Waals surface area contributed by atoms with Crippen LogP contribution in [0.15, 0.2) is 29.3 Å². The highest BCUT2D eigenvalue weighted by atomic mass is 32.1. The molecule has 2 aromatic rings. The molecule has 1 N–H and O–H groups in total. The SMILES string of the molecule is CCc1cc2c(s1)Nc1ccc(F)cc1N=C2. The smallest absolute Gasteiger partial charge is 0.125 e. The van der Waals surface area contributed by atoms with Gasteiger partial charge in [0.25, 0.3) is 0 Å². The summed E-state index contributed by atoms with van der Waals surface area (Å²) in [6.45, 7) is 2.13. The third-order valence-electron chi connectivity index (χ3n) is 2.71. The van der Waals surface area contributed by atoms with Crippen LogP contribution >= 0.6 is 11.3 Å². The molecule has 0 radical (unpaired) electrons. The summed E-state index contributed by atoms with van der Waals surface area (Å²) in [5, 5.41) is 4.39. The summed E-state index contributed by atoms with van der Waals surface area (Å²) in [5.41, 5.74) is 2.57. The van der Waals surface area contributed by atoms with Gasteiger partial charge in [-0.25, -0.2) is 4.39 Å². The number of rotatable bonds is 1. The number of nitrogens with one attached hydrogen (secondary N) is 1. The second-order valence-corrected chi connectivity index (χ2v) is 5.03. The molecule has 0 unspecified atom stereocenters. The molecule has 1 aliphatic heterocycles. The number of thiophene rings is 1. The maximum atomic E-state index is 13.1. The first-order valence-corrected chi connectivity index (χ1v) is 6.31. The normalized spacial score (nSPS) is 12.6. The van der Waals surface area contributed by atoms with E-state index >= 15 is 0 Å².